The molecular weight excluding hydrogens is 236 g/mol. The third-order valence-corrected chi connectivity index (χ3v) is 2.53. The first kappa shape index (κ1) is 11.8. The highest BCUT2D eigenvalue weighted by Crippen LogP contribution is 2.18. The third kappa shape index (κ3) is 2.07. The van der Waals surface area contributed by atoms with Crippen molar-refractivity contribution >= 4 is 23.4 Å². The number of hydrogen-bond acceptors (Lipinski definition) is 4. The SMILES string of the molecule is [N-]=[N+]=Nc1ccc(C(=O)N2C(=O)CCC2=O)cc1. The molecule has 90 valence electrons. The second kappa shape index (κ2) is 4.68. The molecule has 1 fully saturated rings. The molecule has 2 rings (SSSR count). The molecule has 1 aliphatic heterocycles. The van der Waals surface area contributed by atoms with Gasteiger partial charge >= 0.3 is 0 Å². The molecule has 0 bridgehead atoms. The van der Waals surface area contributed by atoms with Gasteiger partial charge in [0.05, 0.1) is 0 Å². The van der Waals surface area contributed by atoms with Gasteiger partial charge in [-0.05, 0) is 17.7 Å². The Morgan fingerprint density at radius 3 is 2.22 bits per heavy atom. The van der Waals surface area contributed by atoms with Gasteiger partial charge in [-0.2, -0.15) is 0 Å². The van der Waals surface area contributed by atoms with Crippen molar-refractivity contribution in [3.05, 3.63) is 40.3 Å². The van der Waals surface area contributed by atoms with E-state index < -0.39 is 17.7 Å². The van der Waals surface area contributed by atoms with Crippen molar-refractivity contribution in [2.24, 2.45) is 5.11 Å². The molecule has 0 aromatic heterocycles. The summed E-state index contributed by atoms with van der Waals surface area (Å²) in [4.78, 5) is 37.9. The quantitative estimate of drug-likeness (QED) is 0.343. The summed E-state index contributed by atoms with van der Waals surface area (Å²) in [6.07, 6.45) is 0.142. The highest BCUT2D eigenvalue weighted by molar-refractivity contribution is 6.19. The van der Waals surface area contributed by atoms with Gasteiger partial charge in [0.1, 0.15) is 0 Å². The number of rotatable bonds is 2. The molecule has 18 heavy (non-hydrogen) atoms. The van der Waals surface area contributed by atoms with Gasteiger partial charge in [0.2, 0.25) is 11.8 Å². The van der Waals surface area contributed by atoms with Crippen LogP contribution in [0.1, 0.15) is 23.2 Å². The predicted molar refractivity (Wildman–Crippen MR) is 60.7 cm³/mol. The summed E-state index contributed by atoms with van der Waals surface area (Å²) < 4.78 is 0. The molecule has 1 aromatic rings. The molecule has 3 amide bonds. The van der Waals surface area contributed by atoms with E-state index in [1.165, 1.54) is 24.3 Å². The summed E-state index contributed by atoms with van der Waals surface area (Å²) in [5.74, 6) is -1.61. The maximum absolute atomic E-state index is 11.9. The minimum absolute atomic E-state index is 0.0708. The molecule has 0 spiro atoms. The Balaban J connectivity index is 2.26. The highest BCUT2D eigenvalue weighted by atomic mass is 16.2. The lowest BCUT2D eigenvalue weighted by molar-refractivity contribution is -0.134. The minimum Gasteiger partial charge on any atom is -0.274 e. The minimum atomic E-state index is -0.644. The molecule has 7 nitrogen and oxygen atoms in total. The molecule has 0 aliphatic carbocycles. The van der Waals surface area contributed by atoms with Crippen molar-refractivity contribution in [2.75, 3.05) is 0 Å². The lowest BCUT2D eigenvalue weighted by Crippen LogP contribution is -2.35. The number of amides is 3. The van der Waals surface area contributed by atoms with E-state index in [4.69, 9.17) is 5.53 Å². The number of carbonyl (C=O) groups excluding carboxylic acids is 3. The zero-order chi connectivity index (χ0) is 13.1. The van der Waals surface area contributed by atoms with E-state index in [0.717, 1.165) is 0 Å². The normalized spacial score (nSPS) is 14.6. The average Bonchev–Trinajstić information content (AvgIpc) is 2.70. The Morgan fingerprint density at radius 1 is 1.17 bits per heavy atom. The van der Waals surface area contributed by atoms with E-state index in [0.29, 0.717) is 10.6 Å². The van der Waals surface area contributed by atoms with Crippen molar-refractivity contribution in [2.45, 2.75) is 12.8 Å². The van der Waals surface area contributed by atoms with Gasteiger partial charge in [0, 0.05) is 29.0 Å². The third-order valence-electron chi connectivity index (χ3n) is 2.53. The monoisotopic (exact) mass is 244 g/mol. The summed E-state index contributed by atoms with van der Waals surface area (Å²) in [7, 11) is 0. The second-order valence-corrected chi connectivity index (χ2v) is 3.66. The standard InChI is InChI=1S/C11H8N4O3/c12-14-13-8-3-1-7(2-4-8)11(18)15-9(16)5-6-10(15)17/h1-4H,5-6H2. The number of likely N-dealkylation sites (tertiary alicyclic amines) is 1. The number of carbonyl (C=O) groups is 3. The molecule has 1 aromatic carbocycles. The average molecular weight is 244 g/mol. The molecular formula is C11H8N4O3. The van der Waals surface area contributed by atoms with Gasteiger partial charge in [-0.25, -0.2) is 4.90 Å². The first-order valence-electron chi connectivity index (χ1n) is 5.19. The molecule has 1 aliphatic rings. The van der Waals surface area contributed by atoms with Crippen LogP contribution in [0.5, 0.6) is 0 Å². The van der Waals surface area contributed by atoms with E-state index in [-0.39, 0.29) is 18.4 Å². The van der Waals surface area contributed by atoms with Gasteiger partial charge < -0.3 is 0 Å². The topological polar surface area (TPSA) is 103 Å². The van der Waals surface area contributed by atoms with Crippen LogP contribution >= 0.6 is 0 Å². The van der Waals surface area contributed by atoms with Crippen LogP contribution in [-0.4, -0.2) is 22.6 Å². The lowest BCUT2D eigenvalue weighted by atomic mass is 10.2. The molecule has 0 atom stereocenters. The molecule has 0 unspecified atom stereocenters. The zero-order valence-corrected chi connectivity index (χ0v) is 9.24. The van der Waals surface area contributed by atoms with Crippen molar-refractivity contribution in [1.29, 1.82) is 0 Å². The smallest absolute Gasteiger partial charge is 0.267 e. The fraction of sp³-hybridized carbons (Fsp3) is 0.182. The first-order chi connectivity index (χ1) is 8.63. The van der Waals surface area contributed by atoms with Crippen LogP contribution in [0.3, 0.4) is 0 Å². The van der Waals surface area contributed by atoms with Crippen LogP contribution < -0.4 is 0 Å². The highest BCUT2D eigenvalue weighted by Gasteiger charge is 2.34. The van der Waals surface area contributed by atoms with Crippen LogP contribution in [0, 0.1) is 0 Å². The first-order valence-corrected chi connectivity index (χ1v) is 5.19. The van der Waals surface area contributed by atoms with E-state index in [9.17, 15) is 14.4 Å². The fourth-order valence-corrected chi connectivity index (χ4v) is 1.65. The van der Waals surface area contributed by atoms with E-state index in [1.807, 2.05) is 0 Å². The van der Waals surface area contributed by atoms with Crippen LogP contribution in [0.25, 0.3) is 10.4 Å². The van der Waals surface area contributed by atoms with Gasteiger partial charge in [0.15, 0.2) is 0 Å². The predicted octanol–water partition coefficient (Wildman–Crippen LogP) is 1.92. The van der Waals surface area contributed by atoms with Crippen LogP contribution in [0.2, 0.25) is 0 Å². The molecule has 1 heterocycles. The van der Waals surface area contributed by atoms with Crippen molar-refractivity contribution in [3.63, 3.8) is 0 Å². The molecule has 0 saturated carbocycles. The second-order valence-electron chi connectivity index (χ2n) is 3.66. The van der Waals surface area contributed by atoms with Crippen molar-refractivity contribution < 1.29 is 14.4 Å². The summed E-state index contributed by atoms with van der Waals surface area (Å²) >= 11 is 0. The zero-order valence-electron chi connectivity index (χ0n) is 9.24. The van der Waals surface area contributed by atoms with Crippen LogP contribution in [0.4, 0.5) is 5.69 Å². The molecule has 0 radical (unpaired) electrons. The van der Waals surface area contributed by atoms with E-state index in [1.54, 1.807) is 0 Å². The lowest BCUT2D eigenvalue weighted by Gasteiger charge is -2.11. The molecule has 7 heteroatoms. The summed E-state index contributed by atoms with van der Waals surface area (Å²) in [5.41, 5.74) is 8.79. The van der Waals surface area contributed by atoms with E-state index >= 15 is 0 Å². The van der Waals surface area contributed by atoms with Crippen LogP contribution in [0.15, 0.2) is 29.4 Å². The Morgan fingerprint density at radius 2 is 1.72 bits per heavy atom. The maximum Gasteiger partial charge on any atom is 0.267 e. The Kier molecular flexibility index (Phi) is 3.07. The number of hydrogen-bond donors (Lipinski definition) is 0. The van der Waals surface area contributed by atoms with Gasteiger partial charge in [0.25, 0.3) is 5.91 Å². The number of imide groups is 3. The summed E-state index contributed by atoms with van der Waals surface area (Å²) in [6, 6.07) is 5.70. The number of benzene rings is 1. The van der Waals surface area contributed by atoms with Gasteiger partial charge in [-0.3, -0.25) is 14.4 Å². The fourth-order valence-electron chi connectivity index (χ4n) is 1.65. The Hall–Kier alpha value is -2.66. The van der Waals surface area contributed by atoms with Crippen molar-refractivity contribution in [1.82, 2.24) is 4.90 Å². The summed E-state index contributed by atoms with van der Waals surface area (Å²) in [6.45, 7) is 0. The summed E-state index contributed by atoms with van der Waals surface area (Å²) in [5, 5.41) is 3.36. The number of nitrogens with zero attached hydrogens (tertiary/aromatic N) is 4. The molecule has 0 N–H and O–H groups in total. The largest absolute Gasteiger partial charge is 0.274 e. The maximum atomic E-state index is 11.9. The van der Waals surface area contributed by atoms with Crippen LogP contribution in [-0.2, 0) is 9.59 Å². The Labute approximate surface area is 102 Å². The Bertz CT molecular complexity index is 556. The van der Waals surface area contributed by atoms with Gasteiger partial charge in [-0.1, -0.05) is 17.2 Å². The van der Waals surface area contributed by atoms with Gasteiger partial charge in [-0.15, -0.1) is 0 Å². The van der Waals surface area contributed by atoms with Crippen molar-refractivity contribution in [3.8, 4) is 0 Å². The number of azide groups is 1. The molecule has 1 saturated heterocycles. The van der Waals surface area contributed by atoms with E-state index in [2.05, 4.69) is 10.0 Å².